The van der Waals surface area contributed by atoms with Crippen LogP contribution >= 0.6 is 0 Å². The molecule has 0 aliphatic rings. The van der Waals surface area contributed by atoms with Crippen LogP contribution in [0.2, 0.25) is 0 Å². The maximum atomic E-state index is 12.1. The van der Waals surface area contributed by atoms with Crippen LogP contribution < -0.4 is 11.1 Å². The fourth-order valence-electron chi connectivity index (χ4n) is 1.58. The summed E-state index contributed by atoms with van der Waals surface area (Å²) in [6.07, 6.45) is 2.48. The Bertz CT molecular complexity index is 687. The Morgan fingerprint density at radius 2 is 2.15 bits per heavy atom. The Balaban J connectivity index is 2.34. The first-order valence-electron chi connectivity index (χ1n) is 5.61. The number of nitrogens with two attached hydrogens (primary N) is 1. The van der Waals surface area contributed by atoms with Crippen LogP contribution in [0.3, 0.4) is 0 Å². The summed E-state index contributed by atoms with van der Waals surface area (Å²) in [6, 6.07) is 4.57. The van der Waals surface area contributed by atoms with Crippen molar-refractivity contribution in [1.29, 1.82) is 0 Å². The minimum atomic E-state index is -0.689. The monoisotopic (exact) mass is 273 g/mol. The first kappa shape index (κ1) is 13.4. The summed E-state index contributed by atoms with van der Waals surface area (Å²) in [7, 11) is 0. The van der Waals surface area contributed by atoms with Gasteiger partial charge in [0.15, 0.2) is 0 Å². The lowest BCUT2D eigenvalue weighted by molar-refractivity contribution is -0.385. The topological polar surface area (TPSA) is 124 Å². The molecule has 0 unspecified atom stereocenters. The summed E-state index contributed by atoms with van der Waals surface area (Å²) in [5.41, 5.74) is 5.78. The number of nitrogen functional groups attached to an aromatic ring is 1. The van der Waals surface area contributed by atoms with Crippen molar-refractivity contribution in [3.05, 3.63) is 51.8 Å². The van der Waals surface area contributed by atoms with Gasteiger partial charge in [-0.25, -0.2) is 9.97 Å². The predicted octanol–water partition coefficient (Wildman–Crippen LogP) is 1.53. The fraction of sp³-hybridized carbons (Fsp3) is 0.0833. The van der Waals surface area contributed by atoms with Gasteiger partial charge in [-0.1, -0.05) is 0 Å². The predicted molar refractivity (Wildman–Crippen MR) is 72.2 cm³/mol. The van der Waals surface area contributed by atoms with E-state index in [0.29, 0.717) is 5.82 Å². The Labute approximate surface area is 113 Å². The van der Waals surface area contributed by atoms with Crippen LogP contribution in [0.15, 0.2) is 30.6 Å². The number of pyridine rings is 2. The summed E-state index contributed by atoms with van der Waals surface area (Å²) in [5, 5.41) is 13.4. The van der Waals surface area contributed by atoms with Crippen molar-refractivity contribution in [2.75, 3.05) is 11.1 Å². The van der Waals surface area contributed by atoms with Gasteiger partial charge in [0.1, 0.15) is 23.4 Å². The quantitative estimate of drug-likeness (QED) is 0.645. The summed E-state index contributed by atoms with van der Waals surface area (Å²) in [4.78, 5) is 29.8. The normalized spacial score (nSPS) is 10.1. The first-order chi connectivity index (χ1) is 9.47. The molecule has 0 fully saturated rings. The van der Waals surface area contributed by atoms with Crippen LogP contribution in [0.25, 0.3) is 0 Å². The number of nitrogens with zero attached hydrogens (tertiary/aromatic N) is 3. The van der Waals surface area contributed by atoms with Gasteiger partial charge < -0.3 is 11.1 Å². The summed E-state index contributed by atoms with van der Waals surface area (Å²) >= 11 is 0. The number of anilines is 2. The molecule has 0 aliphatic carbocycles. The van der Waals surface area contributed by atoms with Gasteiger partial charge in [-0.15, -0.1) is 0 Å². The number of aromatic nitrogens is 2. The van der Waals surface area contributed by atoms with E-state index in [0.717, 1.165) is 17.8 Å². The lowest BCUT2D eigenvalue weighted by atomic mass is 10.2. The zero-order chi connectivity index (χ0) is 14.7. The van der Waals surface area contributed by atoms with Crippen LogP contribution in [0.4, 0.5) is 17.3 Å². The molecule has 0 radical (unpaired) electrons. The second-order valence-electron chi connectivity index (χ2n) is 4.06. The molecule has 8 heteroatoms. The van der Waals surface area contributed by atoms with Gasteiger partial charge in [-0.05, 0) is 30.7 Å². The zero-order valence-corrected chi connectivity index (χ0v) is 10.5. The third-order valence-corrected chi connectivity index (χ3v) is 2.50. The van der Waals surface area contributed by atoms with Crippen LogP contribution in [0.1, 0.15) is 15.9 Å². The Kier molecular flexibility index (Phi) is 3.56. The van der Waals surface area contributed by atoms with Gasteiger partial charge in [0.05, 0.1) is 4.92 Å². The van der Waals surface area contributed by atoms with Gasteiger partial charge in [0.2, 0.25) is 0 Å². The van der Waals surface area contributed by atoms with E-state index in [4.69, 9.17) is 5.73 Å². The first-order valence-corrected chi connectivity index (χ1v) is 5.61. The number of rotatable bonds is 3. The minimum Gasteiger partial charge on any atom is -0.384 e. The molecule has 0 aromatic carbocycles. The smallest absolute Gasteiger partial charge is 0.300 e. The average molecular weight is 273 g/mol. The van der Waals surface area contributed by atoms with Crippen molar-refractivity contribution in [3.8, 4) is 0 Å². The molecule has 102 valence electrons. The molecular weight excluding hydrogens is 262 g/mol. The van der Waals surface area contributed by atoms with E-state index in [-0.39, 0.29) is 11.4 Å². The van der Waals surface area contributed by atoms with Crippen molar-refractivity contribution in [2.24, 2.45) is 0 Å². The van der Waals surface area contributed by atoms with Crippen molar-refractivity contribution in [3.63, 3.8) is 0 Å². The molecule has 1 amide bonds. The summed E-state index contributed by atoms with van der Waals surface area (Å²) in [6.45, 7) is 1.84. The molecule has 2 aromatic rings. The molecule has 2 aromatic heterocycles. The SMILES string of the molecule is Cc1ccnc(NC(=O)c2cc(N)ncc2[N+](=O)[O-])c1. The largest absolute Gasteiger partial charge is 0.384 e. The lowest BCUT2D eigenvalue weighted by Crippen LogP contribution is -2.15. The van der Waals surface area contributed by atoms with Crippen LogP contribution in [0.5, 0.6) is 0 Å². The maximum Gasteiger partial charge on any atom is 0.300 e. The molecule has 0 saturated carbocycles. The highest BCUT2D eigenvalue weighted by Gasteiger charge is 2.21. The van der Waals surface area contributed by atoms with Crippen molar-refractivity contribution in [2.45, 2.75) is 6.92 Å². The standard InChI is InChI=1S/C12H11N5O3/c1-7-2-3-14-11(4-7)16-12(18)8-5-10(13)15-6-9(8)17(19)20/h2-6H,1H3,(H2,13,15)(H,14,16,18). The Morgan fingerprint density at radius 3 is 2.80 bits per heavy atom. The molecule has 3 N–H and O–H groups in total. The molecule has 0 spiro atoms. The number of aryl methyl sites for hydroxylation is 1. The van der Waals surface area contributed by atoms with E-state index in [1.54, 1.807) is 12.1 Å². The highest BCUT2D eigenvalue weighted by molar-refractivity contribution is 6.06. The van der Waals surface area contributed by atoms with Crippen LogP contribution in [-0.4, -0.2) is 20.8 Å². The highest BCUT2D eigenvalue weighted by atomic mass is 16.6. The lowest BCUT2D eigenvalue weighted by Gasteiger charge is -2.06. The van der Waals surface area contributed by atoms with Crippen molar-refractivity contribution < 1.29 is 9.72 Å². The van der Waals surface area contributed by atoms with E-state index in [2.05, 4.69) is 15.3 Å². The summed E-state index contributed by atoms with van der Waals surface area (Å²) < 4.78 is 0. The van der Waals surface area contributed by atoms with Gasteiger partial charge in [-0.3, -0.25) is 14.9 Å². The van der Waals surface area contributed by atoms with Gasteiger partial charge in [-0.2, -0.15) is 0 Å². The number of nitro groups is 1. The third kappa shape index (κ3) is 2.86. The van der Waals surface area contributed by atoms with Gasteiger partial charge in [0, 0.05) is 6.20 Å². The second kappa shape index (κ2) is 5.31. The number of carbonyl (C=O) groups excluding carboxylic acids is 1. The molecule has 2 heterocycles. The number of hydrogen-bond donors (Lipinski definition) is 2. The molecule has 20 heavy (non-hydrogen) atoms. The molecule has 0 saturated heterocycles. The highest BCUT2D eigenvalue weighted by Crippen LogP contribution is 2.20. The fourth-order valence-corrected chi connectivity index (χ4v) is 1.58. The van der Waals surface area contributed by atoms with E-state index >= 15 is 0 Å². The number of amides is 1. The average Bonchev–Trinajstić information content (AvgIpc) is 2.38. The van der Waals surface area contributed by atoms with Gasteiger partial charge in [0.25, 0.3) is 11.6 Å². The van der Waals surface area contributed by atoms with E-state index in [1.807, 2.05) is 6.92 Å². The summed E-state index contributed by atoms with van der Waals surface area (Å²) in [5.74, 6) is -0.332. The molecule has 2 rings (SSSR count). The second-order valence-corrected chi connectivity index (χ2v) is 4.06. The van der Waals surface area contributed by atoms with Crippen LogP contribution in [0, 0.1) is 17.0 Å². The minimum absolute atomic E-state index is 0.0259. The van der Waals surface area contributed by atoms with Gasteiger partial charge >= 0.3 is 0 Å². The Morgan fingerprint density at radius 1 is 1.40 bits per heavy atom. The third-order valence-electron chi connectivity index (χ3n) is 2.50. The maximum absolute atomic E-state index is 12.1. The molecule has 0 bridgehead atoms. The molecule has 0 aliphatic heterocycles. The van der Waals surface area contributed by atoms with Crippen molar-refractivity contribution in [1.82, 2.24) is 9.97 Å². The van der Waals surface area contributed by atoms with E-state index in [9.17, 15) is 14.9 Å². The van der Waals surface area contributed by atoms with E-state index in [1.165, 1.54) is 6.20 Å². The van der Waals surface area contributed by atoms with E-state index < -0.39 is 16.5 Å². The molecule has 0 atom stereocenters. The Hall–Kier alpha value is -3.03. The van der Waals surface area contributed by atoms with Crippen molar-refractivity contribution >= 4 is 23.2 Å². The molecular formula is C12H11N5O3. The number of carbonyl (C=O) groups is 1. The number of nitrogens with one attached hydrogen (secondary N) is 1. The molecule has 8 nitrogen and oxygen atoms in total. The van der Waals surface area contributed by atoms with Crippen LogP contribution in [-0.2, 0) is 0 Å². The zero-order valence-electron chi connectivity index (χ0n) is 10.5. The number of hydrogen-bond acceptors (Lipinski definition) is 6.